The Labute approximate surface area is 152 Å². The zero-order chi connectivity index (χ0) is 17.8. The quantitative estimate of drug-likeness (QED) is 0.290. The summed E-state index contributed by atoms with van der Waals surface area (Å²) in [5, 5.41) is 0. The van der Waals surface area contributed by atoms with Gasteiger partial charge >= 0.3 is 0 Å². The molecule has 0 spiro atoms. The van der Waals surface area contributed by atoms with Crippen LogP contribution in [-0.2, 0) is 9.47 Å². The molecule has 0 radical (unpaired) electrons. The molecule has 0 aromatic carbocycles. The van der Waals surface area contributed by atoms with Crippen LogP contribution in [0.2, 0.25) is 0 Å². The molecule has 0 saturated carbocycles. The summed E-state index contributed by atoms with van der Waals surface area (Å²) in [7, 11) is 0. The minimum atomic E-state index is -0.291. The second-order valence-corrected chi connectivity index (χ2v) is 9.83. The fourth-order valence-corrected chi connectivity index (χ4v) is 2.61. The average Bonchev–Trinajstić information content (AvgIpc) is 2.24. The second-order valence-electron chi connectivity index (χ2n) is 9.29. The number of ether oxygens (including phenoxy) is 2. The van der Waals surface area contributed by atoms with Crippen LogP contribution in [0.15, 0.2) is 0 Å². The Hall–Kier alpha value is 0.610. The lowest BCUT2D eigenvalue weighted by atomic mass is 9.74. The highest BCUT2D eigenvalue weighted by Crippen LogP contribution is 2.39. The van der Waals surface area contributed by atoms with Crippen molar-refractivity contribution in [1.29, 1.82) is 0 Å². The molecule has 134 valence electrons. The average molecular weight is 427 g/mol. The first-order valence-electron chi connectivity index (χ1n) is 8.31. The van der Waals surface area contributed by atoms with Gasteiger partial charge in [-0.1, -0.05) is 34.6 Å². The van der Waals surface area contributed by atoms with Crippen molar-refractivity contribution in [2.75, 3.05) is 6.61 Å². The summed E-state index contributed by atoms with van der Waals surface area (Å²) in [4.78, 5) is 0. The molecule has 0 fully saturated rings. The standard InChI is InChI=1S/C18H38INO2/c1-14(13-15(2,3)4)22-17(7,8)16(5,6)11-12-21-18(9,10)20-19/h14,20H,11-13H2,1-10H3. The lowest BCUT2D eigenvalue weighted by Gasteiger charge is -2.44. The molecule has 3 nitrogen and oxygen atoms in total. The fourth-order valence-electron chi connectivity index (χ4n) is 2.46. The van der Waals surface area contributed by atoms with Crippen LogP contribution in [0.3, 0.4) is 0 Å². The van der Waals surface area contributed by atoms with Gasteiger partial charge in [0, 0.05) is 29.5 Å². The van der Waals surface area contributed by atoms with Gasteiger partial charge in [-0.05, 0) is 58.3 Å². The van der Waals surface area contributed by atoms with Crippen molar-refractivity contribution in [2.24, 2.45) is 10.8 Å². The Kier molecular flexibility index (Phi) is 8.35. The van der Waals surface area contributed by atoms with Crippen LogP contribution < -0.4 is 3.53 Å². The molecular formula is C18H38INO2. The molecule has 0 amide bonds. The Morgan fingerprint density at radius 3 is 1.86 bits per heavy atom. The summed E-state index contributed by atoms with van der Waals surface area (Å²) in [6.45, 7) is 22.7. The summed E-state index contributed by atoms with van der Waals surface area (Å²) >= 11 is 2.14. The van der Waals surface area contributed by atoms with E-state index in [0.29, 0.717) is 5.41 Å². The van der Waals surface area contributed by atoms with Crippen molar-refractivity contribution in [2.45, 2.75) is 99.5 Å². The van der Waals surface area contributed by atoms with E-state index in [4.69, 9.17) is 9.47 Å². The molecular weight excluding hydrogens is 389 g/mol. The lowest BCUT2D eigenvalue weighted by molar-refractivity contribution is -0.149. The zero-order valence-corrected chi connectivity index (χ0v) is 18.6. The second kappa shape index (κ2) is 8.13. The van der Waals surface area contributed by atoms with Gasteiger partial charge in [-0.25, -0.2) is 3.53 Å². The highest BCUT2D eigenvalue weighted by Gasteiger charge is 2.39. The van der Waals surface area contributed by atoms with Crippen LogP contribution in [0.5, 0.6) is 0 Å². The normalized spacial score (nSPS) is 16.0. The van der Waals surface area contributed by atoms with Gasteiger partial charge in [-0.2, -0.15) is 0 Å². The highest BCUT2D eigenvalue weighted by atomic mass is 127. The number of halogens is 1. The number of nitrogens with one attached hydrogen (secondary N) is 1. The molecule has 0 aromatic heterocycles. The minimum Gasteiger partial charge on any atom is -0.372 e. The van der Waals surface area contributed by atoms with Gasteiger partial charge in [0.2, 0.25) is 0 Å². The molecule has 1 unspecified atom stereocenters. The van der Waals surface area contributed by atoms with E-state index in [9.17, 15) is 0 Å². The van der Waals surface area contributed by atoms with E-state index in [-0.39, 0.29) is 22.8 Å². The maximum atomic E-state index is 6.41. The summed E-state index contributed by atoms with van der Waals surface area (Å²) in [5.41, 5.74) is -0.149. The van der Waals surface area contributed by atoms with E-state index in [2.05, 4.69) is 81.8 Å². The van der Waals surface area contributed by atoms with Crippen LogP contribution in [0.4, 0.5) is 0 Å². The van der Waals surface area contributed by atoms with E-state index in [1.54, 1.807) is 0 Å². The van der Waals surface area contributed by atoms with Crippen LogP contribution in [0.1, 0.15) is 82.1 Å². The molecule has 0 aliphatic heterocycles. The van der Waals surface area contributed by atoms with E-state index in [0.717, 1.165) is 19.4 Å². The van der Waals surface area contributed by atoms with Crippen molar-refractivity contribution in [3.05, 3.63) is 0 Å². The summed E-state index contributed by atoms with van der Waals surface area (Å²) in [6.07, 6.45) is 2.28. The van der Waals surface area contributed by atoms with Gasteiger partial charge in [-0.3, -0.25) is 0 Å². The molecule has 1 N–H and O–H groups in total. The molecule has 0 saturated heterocycles. The van der Waals surface area contributed by atoms with E-state index in [1.807, 2.05) is 13.8 Å². The Morgan fingerprint density at radius 1 is 0.955 bits per heavy atom. The first-order valence-corrected chi connectivity index (χ1v) is 9.39. The van der Waals surface area contributed by atoms with Crippen LogP contribution in [0.25, 0.3) is 0 Å². The molecule has 0 bridgehead atoms. The van der Waals surface area contributed by atoms with Crippen molar-refractivity contribution in [3.63, 3.8) is 0 Å². The van der Waals surface area contributed by atoms with Crippen LogP contribution >= 0.6 is 22.9 Å². The molecule has 0 aliphatic rings. The number of rotatable bonds is 9. The maximum Gasteiger partial charge on any atom is 0.121 e. The van der Waals surface area contributed by atoms with Gasteiger partial charge < -0.3 is 9.47 Å². The third-order valence-corrected chi connectivity index (χ3v) is 5.74. The van der Waals surface area contributed by atoms with E-state index in [1.165, 1.54) is 0 Å². The van der Waals surface area contributed by atoms with E-state index < -0.39 is 0 Å². The first kappa shape index (κ1) is 22.6. The third-order valence-electron chi connectivity index (χ3n) is 4.44. The van der Waals surface area contributed by atoms with E-state index >= 15 is 0 Å². The summed E-state index contributed by atoms with van der Waals surface area (Å²) in [6, 6.07) is 0. The SMILES string of the molecule is CC(CC(C)(C)C)OC(C)(C)C(C)(C)CCOC(C)(C)NI. The Bertz CT molecular complexity index is 332. The highest BCUT2D eigenvalue weighted by molar-refractivity contribution is 14.1. The maximum absolute atomic E-state index is 6.41. The fraction of sp³-hybridized carbons (Fsp3) is 1.00. The zero-order valence-electron chi connectivity index (χ0n) is 16.4. The summed E-state index contributed by atoms with van der Waals surface area (Å²) in [5.74, 6) is 0. The Balaban J connectivity index is 4.59. The van der Waals surface area contributed by atoms with Gasteiger partial charge in [0.1, 0.15) is 5.72 Å². The predicted octanol–water partition coefficient (Wildman–Crippen LogP) is 5.71. The van der Waals surface area contributed by atoms with Crippen LogP contribution in [0, 0.1) is 10.8 Å². The first-order chi connectivity index (χ1) is 9.62. The van der Waals surface area contributed by atoms with Crippen molar-refractivity contribution < 1.29 is 9.47 Å². The van der Waals surface area contributed by atoms with Crippen molar-refractivity contribution in [3.8, 4) is 0 Å². The molecule has 1 atom stereocenters. The molecule has 22 heavy (non-hydrogen) atoms. The van der Waals surface area contributed by atoms with Crippen molar-refractivity contribution in [1.82, 2.24) is 3.53 Å². The van der Waals surface area contributed by atoms with Gasteiger partial charge in [-0.15, -0.1) is 0 Å². The summed E-state index contributed by atoms with van der Waals surface area (Å²) < 4.78 is 15.5. The number of hydrogen-bond acceptors (Lipinski definition) is 3. The number of hydrogen-bond donors (Lipinski definition) is 1. The predicted molar refractivity (Wildman–Crippen MR) is 104 cm³/mol. The van der Waals surface area contributed by atoms with Crippen LogP contribution in [-0.4, -0.2) is 24.0 Å². The molecule has 0 rings (SSSR count). The van der Waals surface area contributed by atoms with Crippen molar-refractivity contribution >= 4 is 22.9 Å². The molecule has 0 aromatic rings. The molecule has 0 heterocycles. The molecule has 0 aliphatic carbocycles. The van der Waals surface area contributed by atoms with Gasteiger partial charge in [0.05, 0.1) is 11.7 Å². The smallest absolute Gasteiger partial charge is 0.121 e. The topological polar surface area (TPSA) is 30.5 Å². The largest absolute Gasteiger partial charge is 0.372 e. The van der Waals surface area contributed by atoms with Gasteiger partial charge in [0.25, 0.3) is 0 Å². The van der Waals surface area contributed by atoms with Gasteiger partial charge in [0.15, 0.2) is 0 Å². The molecule has 4 heteroatoms. The Morgan fingerprint density at radius 2 is 1.45 bits per heavy atom. The minimum absolute atomic E-state index is 0.0422. The lowest BCUT2D eigenvalue weighted by Crippen LogP contribution is -2.45. The monoisotopic (exact) mass is 427 g/mol. The third kappa shape index (κ3) is 8.46.